The number of nitrogens with two attached hydrogens (primary N) is 1. The number of hydrogen-bond acceptors (Lipinski definition) is 24. The molecule has 0 bridgehead atoms. The van der Waals surface area contributed by atoms with Gasteiger partial charge < -0.3 is 111 Å². The second kappa shape index (κ2) is 21.4. The van der Waals surface area contributed by atoms with Gasteiger partial charge in [0.25, 0.3) is 5.79 Å². The lowest BCUT2D eigenvalue weighted by atomic mass is 9.84. The van der Waals surface area contributed by atoms with E-state index in [4.69, 9.17) is 43.7 Å². The van der Waals surface area contributed by atoms with E-state index in [1.165, 1.54) is 14.0 Å². The van der Waals surface area contributed by atoms with Crippen LogP contribution >= 0.6 is 0 Å². The molecule has 4 rings (SSSR count). The molecule has 0 aromatic rings. The number of likely N-dealkylation sites (N-methyl/N-ethyl adjacent to an activating group) is 1. The fraction of sp³-hybridized carbons (Fsp3) is 0.939. The zero-order valence-corrected chi connectivity index (χ0v) is 32.4. The molecule has 4 aliphatic heterocycles. The summed E-state index contributed by atoms with van der Waals surface area (Å²) in [5, 5.41) is 142. The zero-order chi connectivity index (χ0) is 44.1. The van der Waals surface area contributed by atoms with Crippen LogP contribution in [0.1, 0.15) is 20.3 Å². The summed E-state index contributed by atoms with van der Waals surface area (Å²) in [7, 11) is 1.35. The lowest BCUT2D eigenvalue weighted by molar-refractivity contribution is -0.403. The number of nitrogens with zero attached hydrogens (tertiary/aromatic N) is 1. The van der Waals surface area contributed by atoms with Crippen LogP contribution in [0, 0.1) is 5.92 Å². The molecule has 0 spiro atoms. The van der Waals surface area contributed by atoms with Gasteiger partial charge >= 0.3 is 5.97 Å². The number of ether oxygens (including phenoxy) is 7. The van der Waals surface area contributed by atoms with Gasteiger partial charge in [-0.2, -0.15) is 5.06 Å². The predicted octanol–water partition coefficient (Wildman–Crippen LogP) is -9.29. The number of aliphatic hydroxyl groups excluding tert-OH is 12. The highest BCUT2D eigenvalue weighted by Gasteiger charge is 2.61. The van der Waals surface area contributed by atoms with Gasteiger partial charge in [0, 0.05) is 32.9 Å². The summed E-state index contributed by atoms with van der Waals surface area (Å²) in [6.07, 6.45) is -34.1. The van der Waals surface area contributed by atoms with E-state index in [1.807, 2.05) is 0 Å². The number of hydroxylamine groups is 2. The monoisotopic (exact) mass is 865 g/mol. The van der Waals surface area contributed by atoms with Gasteiger partial charge in [-0.15, -0.1) is 0 Å². The zero-order valence-electron chi connectivity index (χ0n) is 32.4. The SMILES string of the molecule is CC(=O)NC1[C@H](O[C@H]2C(CO)O[C@@H](O[C@@H]3C(CO)O[C@@H](N(C)OCCN)C(O)[C@H]3O)C(O)[C@H]2O[C@]2(C(=O)O)CC(O)[C@@H](C)[C@H]([C@@H](O)[C@H](O)CO)O2)OC(CO)[C@H](O)[C@@H]1O. The van der Waals surface area contributed by atoms with Crippen molar-refractivity contribution < 1.29 is 114 Å². The molecule has 0 aliphatic carbocycles. The number of aliphatic carboxylic acids is 1. The summed E-state index contributed by atoms with van der Waals surface area (Å²) in [6.45, 7) is -1.42. The Hall–Kier alpha value is -1.94. The molecule has 7 unspecified atom stereocenters. The second-order valence-corrected chi connectivity index (χ2v) is 14.8. The number of carbonyl (C=O) groups is 2. The van der Waals surface area contributed by atoms with Gasteiger partial charge in [0.2, 0.25) is 5.91 Å². The van der Waals surface area contributed by atoms with Crippen LogP contribution < -0.4 is 11.1 Å². The van der Waals surface area contributed by atoms with Crippen molar-refractivity contribution in [3.8, 4) is 0 Å². The molecule has 4 aliphatic rings. The van der Waals surface area contributed by atoms with E-state index in [2.05, 4.69) is 5.32 Å². The van der Waals surface area contributed by atoms with Crippen molar-refractivity contribution >= 4 is 11.9 Å². The molecule has 4 saturated heterocycles. The molecule has 16 N–H and O–H groups in total. The molecule has 21 atom stereocenters. The Labute approximate surface area is 337 Å². The Bertz CT molecular complexity index is 1340. The van der Waals surface area contributed by atoms with Crippen LogP contribution in [0.4, 0.5) is 0 Å². The lowest BCUT2D eigenvalue weighted by Crippen LogP contribution is -2.70. The van der Waals surface area contributed by atoms with E-state index >= 15 is 0 Å². The first-order chi connectivity index (χ1) is 27.8. The Balaban J connectivity index is 1.77. The highest BCUT2D eigenvalue weighted by atomic mass is 16.8. The average molecular weight is 866 g/mol. The first-order valence-corrected chi connectivity index (χ1v) is 18.9. The summed E-state index contributed by atoms with van der Waals surface area (Å²) in [5.74, 6) is -6.91. The minimum absolute atomic E-state index is 0.0188. The first kappa shape index (κ1) is 49.7. The fourth-order valence-corrected chi connectivity index (χ4v) is 7.40. The molecule has 59 heavy (non-hydrogen) atoms. The van der Waals surface area contributed by atoms with Crippen LogP contribution in [0.5, 0.6) is 0 Å². The summed E-state index contributed by atoms with van der Waals surface area (Å²) in [6, 6.07) is -1.64. The maximum atomic E-state index is 13.1. The molecule has 4 fully saturated rings. The molecule has 0 radical (unpaired) electrons. The Morgan fingerprint density at radius 2 is 1.42 bits per heavy atom. The highest BCUT2D eigenvalue weighted by molar-refractivity contribution is 5.76. The third-order valence-electron chi connectivity index (χ3n) is 10.7. The molecular weight excluding hydrogens is 806 g/mol. The van der Waals surface area contributed by atoms with Gasteiger partial charge in [-0.3, -0.25) is 9.63 Å². The van der Waals surface area contributed by atoms with Gasteiger partial charge in [-0.25, -0.2) is 4.79 Å². The first-order valence-electron chi connectivity index (χ1n) is 18.9. The average Bonchev–Trinajstić information content (AvgIpc) is 3.20. The minimum atomic E-state index is -3.06. The summed E-state index contributed by atoms with van der Waals surface area (Å²) >= 11 is 0. The van der Waals surface area contributed by atoms with Crippen LogP contribution in [-0.4, -0.2) is 252 Å². The van der Waals surface area contributed by atoms with Crippen LogP contribution in [0.25, 0.3) is 0 Å². The van der Waals surface area contributed by atoms with Crippen molar-refractivity contribution in [3.05, 3.63) is 0 Å². The normalized spacial score (nSPS) is 44.2. The molecule has 4 heterocycles. The number of rotatable bonds is 18. The molecule has 0 aromatic heterocycles. The van der Waals surface area contributed by atoms with Gasteiger partial charge in [-0.05, 0) is 0 Å². The van der Waals surface area contributed by atoms with Gasteiger partial charge in [0.15, 0.2) is 18.8 Å². The molecule has 1 amide bonds. The molecule has 0 saturated carbocycles. The molecule has 26 heteroatoms. The van der Waals surface area contributed by atoms with Crippen molar-refractivity contribution in [2.24, 2.45) is 11.7 Å². The van der Waals surface area contributed by atoms with Crippen molar-refractivity contribution in [2.45, 2.75) is 142 Å². The smallest absolute Gasteiger partial charge is 0.364 e. The van der Waals surface area contributed by atoms with Crippen LogP contribution in [-0.2, 0) is 47.6 Å². The standard InChI is InChI=1S/C33H59N3O23/c1-11-13(42)6-33(32(50)51,58-25(11)19(44)14(43)7-37)59-28-24(49)31(56-26-16(9-39)53-29(23(48)22(26)47)36(3)52-5-4-34)55-17(10-40)27(28)57-30-18(35-12(2)41)21(46)20(45)15(8-38)54-30/h11,13-31,37-40,42-49H,4-10,34H2,1-3H3,(H,35,41)(H,50,51)/t11-,13?,14-,15?,16?,17?,18?,19+,20+,21-,22-,23?,24?,25-,26-,27+,28-,29-,30+,31+,33+/m1/s1. The third-order valence-corrected chi connectivity index (χ3v) is 10.7. The van der Waals surface area contributed by atoms with Crippen LogP contribution in [0.15, 0.2) is 0 Å². The largest absolute Gasteiger partial charge is 0.477 e. The van der Waals surface area contributed by atoms with Gasteiger partial charge in [0.05, 0.1) is 45.2 Å². The van der Waals surface area contributed by atoms with E-state index in [9.17, 15) is 76.0 Å². The van der Waals surface area contributed by atoms with E-state index < -0.39 is 173 Å². The van der Waals surface area contributed by atoms with Gasteiger partial charge in [-0.1, -0.05) is 6.92 Å². The van der Waals surface area contributed by atoms with Gasteiger partial charge in [0.1, 0.15) is 85.4 Å². The number of amides is 1. The highest BCUT2D eigenvalue weighted by Crippen LogP contribution is 2.41. The van der Waals surface area contributed by atoms with E-state index in [-0.39, 0.29) is 13.2 Å². The molecular formula is C33H59N3O23. The number of carbonyl (C=O) groups excluding carboxylic acids is 1. The van der Waals surface area contributed by atoms with Crippen LogP contribution in [0.3, 0.4) is 0 Å². The minimum Gasteiger partial charge on any atom is -0.477 e. The fourth-order valence-electron chi connectivity index (χ4n) is 7.40. The second-order valence-electron chi connectivity index (χ2n) is 14.8. The van der Waals surface area contributed by atoms with Crippen molar-refractivity contribution in [1.29, 1.82) is 0 Å². The Morgan fingerprint density at radius 3 is 1.98 bits per heavy atom. The van der Waals surface area contributed by atoms with Crippen molar-refractivity contribution in [1.82, 2.24) is 10.4 Å². The topological polar surface area (TPSA) is 412 Å². The molecule has 0 aromatic carbocycles. The summed E-state index contributed by atoms with van der Waals surface area (Å²) < 4.78 is 40.9. The summed E-state index contributed by atoms with van der Waals surface area (Å²) in [5.41, 5.74) is 5.46. The summed E-state index contributed by atoms with van der Waals surface area (Å²) in [4.78, 5) is 30.6. The van der Waals surface area contributed by atoms with E-state index in [1.54, 1.807) is 0 Å². The molecule has 26 nitrogen and oxygen atoms in total. The lowest BCUT2D eigenvalue weighted by Gasteiger charge is -2.52. The maximum Gasteiger partial charge on any atom is 0.364 e. The number of aliphatic hydroxyl groups is 12. The van der Waals surface area contributed by atoms with Crippen LogP contribution in [0.2, 0.25) is 0 Å². The number of hydrogen-bond donors (Lipinski definition) is 15. The maximum absolute atomic E-state index is 13.1. The Morgan fingerprint density at radius 1 is 0.831 bits per heavy atom. The number of carboxylic acids is 1. The Kier molecular flexibility index (Phi) is 18.1. The quantitative estimate of drug-likeness (QED) is 0.0569. The van der Waals surface area contributed by atoms with Crippen molar-refractivity contribution in [3.63, 3.8) is 0 Å². The van der Waals surface area contributed by atoms with Crippen molar-refractivity contribution in [2.75, 3.05) is 46.6 Å². The van der Waals surface area contributed by atoms with E-state index in [0.29, 0.717) is 0 Å². The van der Waals surface area contributed by atoms with E-state index in [0.717, 1.165) is 12.0 Å². The molecule has 344 valence electrons. The predicted molar refractivity (Wildman–Crippen MR) is 186 cm³/mol. The third kappa shape index (κ3) is 10.8. The number of nitrogens with one attached hydrogen (secondary N) is 1. The number of carboxylic acid groups (broad SMARTS) is 1.